The number of benzene rings is 1. The van der Waals surface area contributed by atoms with Crippen LogP contribution in [0.4, 0.5) is 0 Å². The third-order valence-electron chi connectivity index (χ3n) is 7.27. The van der Waals surface area contributed by atoms with E-state index in [4.69, 9.17) is 10.1 Å². The Morgan fingerprint density at radius 1 is 1.17 bits per heavy atom. The second-order valence-corrected chi connectivity index (χ2v) is 11.7. The number of halogens is 1. The maximum Gasteiger partial charge on any atom is 0.282 e. The van der Waals surface area contributed by atoms with E-state index in [1.165, 1.54) is 11.1 Å². The molecule has 0 saturated heterocycles. The fourth-order valence-electron chi connectivity index (χ4n) is 5.15. The second-order valence-electron chi connectivity index (χ2n) is 9.57. The zero-order chi connectivity index (χ0) is 25.6. The molecular formula is C28H28BrN5OS. The fourth-order valence-corrected chi connectivity index (χ4v) is 6.73. The van der Waals surface area contributed by atoms with Gasteiger partial charge in [0.1, 0.15) is 16.9 Å². The molecule has 0 atom stereocenters. The van der Waals surface area contributed by atoms with Crippen molar-refractivity contribution in [3.8, 4) is 11.1 Å². The molecule has 0 aliphatic heterocycles. The molecule has 6 nitrogen and oxygen atoms in total. The molecule has 184 valence electrons. The predicted octanol–water partition coefficient (Wildman–Crippen LogP) is 7.05. The first-order valence-corrected chi connectivity index (χ1v) is 13.9. The van der Waals surface area contributed by atoms with E-state index in [2.05, 4.69) is 32.6 Å². The van der Waals surface area contributed by atoms with Crippen molar-refractivity contribution in [3.05, 3.63) is 77.9 Å². The smallest absolute Gasteiger partial charge is 0.282 e. The van der Waals surface area contributed by atoms with Gasteiger partial charge in [0.25, 0.3) is 5.56 Å². The minimum atomic E-state index is -0.150. The van der Waals surface area contributed by atoms with Gasteiger partial charge in [-0.1, -0.05) is 35.2 Å². The van der Waals surface area contributed by atoms with E-state index in [9.17, 15) is 10.1 Å². The topological polar surface area (TPSA) is 76.0 Å². The number of nitrogens with zero attached hydrogens (tertiary/aromatic N) is 5. The highest BCUT2D eigenvalue weighted by molar-refractivity contribution is 9.10. The molecule has 0 spiro atoms. The summed E-state index contributed by atoms with van der Waals surface area (Å²) < 4.78 is 4.47. The predicted molar refractivity (Wildman–Crippen MR) is 150 cm³/mol. The number of aromatic nitrogens is 3. The molecule has 0 radical (unpaired) electrons. The molecule has 3 heterocycles. The Kier molecular flexibility index (Phi) is 6.71. The summed E-state index contributed by atoms with van der Waals surface area (Å²) in [5.41, 5.74) is 5.21. The molecular weight excluding hydrogens is 534 g/mol. The number of hydrogen-bond donors (Lipinski definition) is 0. The van der Waals surface area contributed by atoms with Gasteiger partial charge in [0.05, 0.1) is 22.7 Å². The molecule has 8 heteroatoms. The Hall–Kier alpha value is -3.02. The van der Waals surface area contributed by atoms with Crippen LogP contribution in [0.1, 0.15) is 76.8 Å². The highest BCUT2D eigenvalue weighted by Crippen LogP contribution is 2.34. The number of nitriles is 1. The third kappa shape index (κ3) is 4.25. The zero-order valence-corrected chi connectivity index (χ0v) is 23.3. The monoisotopic (exact) mass is 561 g/mol. The minimum Gasteiger partial charge on any atom is -0.308 e. The van der Waals surface area contributed by atoms with E-state index < -0.39 is 0 Å². The number of hydrogen-bond acceptors (Lipinski definition) is 5. The lowest BCUT2D eigenvalue weighted by molar-refractivity contribution is 0.416. The van der Waals surface area contributed by atoms with E-state index in [0.717, 1.165) is 68.4 Å². The third-order valence-corrected chi connectivity index (χ3v) is 8.95. The van der Waals surface area contributed by atoms with Crippen molar-refractivity contribution in [1.29, 1.82) is 5.26 Å². The van der Waals surface area contributed by atoms with Gasteiger partial charge in [0, 0.05) is 32.2 Å². The van der Waals surface area contributed by atoms with Crippen LogP contribution in [0.5, 0.6) is 0 Å². The molecule has 0 N–H and O–H groups in total. The van der Waals surface area contributed by atoms with Crippen molar-refractivity contribution < 1.29 is 0 Å². The van der Waals surface area contributed by atoms with Crippen molar-refractivity contribution >= 4 is 44.4 Å². The van der Waals surface area contributed by atoms with Gasteiger partial charge in [-0.05, 0) is 70.4 Å². The van der Waals surface area contributed by atoms with E-state index in [0.29, 0.717) is 16.5 Å². The molecule has 3 aromatic heterocycles. The highest BCUT2D eigenvalue weighted by Gasteiger charge is 2.23. The number of fused-ring (bicyclic) bond motifs is 1. The summed E-state index contributed by atoms with van der Waals surface area (Å²) in [6, 6.07) is 10.1. The summed E-state index contributed by atoms with van der Waals surface area (Å²) in [6.45, 7) is 8.10. The average Bonchev–Trinajstić information content (AvgIpc) is 3.31. The molecule has 0 amide bonds. The lowest BCUT2D eigenvalue weighted by Gasteiger charge is -2.22. The van der Waals surface area contributed by atoms with Crippen LogP contribution in [0.25, 0.3) is 15.9 Å². The fraction of sp³-hybridized carbons (Fsp3) is 0.357. The van der Waals surface area contributed by atoms with Gasteiger partial charge < -0.3 is 4.57 Å². The standard InChI is InChI=1S/C28H28BrN5OS/c1-16-12-21(18(3)33(16)28-24(14-30)17(2)19(4)36-28)15-31-34-26(20-8-6-5-7-9-20)32-25-11-10-22(29)13-23(25)27(34)35/h10-13,15,20H,5-9H2,1-4H3. The molecule has 1 aliphatic rings. The minimum absolute atomic E-state index is 0.150. The van der Waals surface area contributed by atoms with Crippen LogP contribution in [0.3, 0.4) is 0 Å². The lowest BCUT2D eigenvalue weighted by atomic mass is 9.88. The molecule has 1 fully saturated rings. The van der Waals surface area contributed by atoms with Crippen LogP contribution in [-0.4, -0.2) is 20.4 Å². The van der Waals surface area contributed by atoms with E-state index in [1.54, 1.807) is 17.6 Å². The molecule has 1 aliphatic carbocycles. The number of thiophene rings is 1. The maximum absolute atomic E-state index is 13.6. The van der Waals surface area contributed by atoms with Crippen LogP contribution in [-0.2, 0) is 0 Å². The van der Waals surface area contributed by atoms with E-state index in [1.807, 2.05) is 45.9 Å². The quantitative estimate of drug-likeness (QED) is 0.250. The van der Waals surface area contributed by atoms with Crippen molar-refractivity contribution in [2.45, 2.75) is 65.7 Å². The summed E-state index contributed by atoms with van der Waals surface area (Å²) >= 11 is 5.11. The number of rotatable bonds is 4. The van der Waals surface area contributed by atoms with Gasteiger partial charge in [-0.2, -0.15) is 15.0 Å². The van der Waals surface area contributed by atoms with Crippen LogP contribution < -0.4 is 5.56 Å². The Labute approximate surface area is 223 Å². The highest BCUT2D eigenvalue weighted by atomic mass is 79.9. The summed E-state index contributed by atoms with van der Waals surface area (Å²) in [5.74, 6) is 0.968. The van der Waals surface area contributed by atoms with Gasteiger partial charge in [-0.3, -0.25) is 4.79 Å². The van der Waals surface area contributed by atoms with Crippen molar-refractivity contribution in [2.75, 3.05) is 0 Å². The Balaban J connectivity index is 1.64. The Morgan fingerprint density at radius 2 is 1.92 bits per heavy atom. The maximum atomic E-state index is 13.6. The van der Waals surface area contributed by atoms with Gasteiger partial charge >= 0.3 is 0 Å². The van der Waals surface area contributed by atoms with Crippen LogP contribution in [0, 0.1) is 39.0 Å². The van der Waals surface area contributed by atoms with Crippen molar-refractivity contribution in [2.24, 2.45) is 5.10 Å². The van der Waals surface area contributed by atoms with Gasteiger partial charge in [-0.15, -0.1) is 11.3 Å². The SMILES string of the molecule is Cc1sc(-n2c(C)cc(C=Nn3c(C4CCCCC4)nc4ccc(Br)cc4c3=O)c2C)c(C#N)c1C. The molecule has 36 heavy (non-hydrogen) atoms. The summed E-state index contributed by atoms with van der Waals surface area (Å²) in [4.78, 5) is 19.7. The summed E-state index contributed by atoms with van der Waals surface area (Å²) in [6.07, 6.45) is 7.31. The van der Waals surface area contributed by atoms with E-state index >= 15 is 0 Å². The van der Waals surface area contributed by atoms with Gasteiger partial charge in [0.15, 0.2) is 0 Å². The second kappa shape index (κ2) is 9.79. The molecule has 5 rings (SSSR count). The normalized spacial score (nSPS) is 14.7. The zero-order valence-electron chi connectivity index (χ0n) is 20.9. The van der Waals surface area contributed by atoms with Gasteiger partial charge in [-0.25, -0.2) is 4.98 Å². The summed E-state index contributed by atoms with van der Waals surface area (Å²) in [7, 11) is 0. The van der Waals surface area contributed by atoms with Crippen molar-refractivity contribution in [3.63, 3.8) is 0 Å². The lowest BCUT2D eigenvalue weighted by Crippen LogP contribution is -2.25. The molecule has 0 unspecified atom stereocenters. The van der Waals surface area contributed by atoms with Crippen LogP contribution >= 0.6 is 27.3 Å². The van der Waals surface area contributed by atoms with Crippen LogP contribution in [0.15, 0.2) is 38.6 Å². The first-order chi connectivity index (χ1) is 17.3. The first kappa shape index (κ1) is 24.7. The molecule has 0 bridgehead atoms. The Bertz CT molecular complexity index is 1610. The van der Waals surface area contributed by atoms with Crippen molar-refractivity contribution in [1.82, 2.24) is 14.2 Å². The molecule has 1 saturated carbocycles. The summed E-state index contributed by atoms with van der Waals surface area (Å²) in [5, 5.41) is 16.0. The van der Waals surface area contributed by atoms with E-state index in [-0.39, 0.29) is 11.5 Å². The number of aryl methyl sites for hydroxylation is 2. The van der Waals surface area contributed by atoms with Gasteiger partial charge in [0.2, 0.25) is 0 Å². The molecule has 4 aromatic rings. The average molecular weight is 563 g/mol. The molecule has 1 aromatic carbocycles. The largest absolute Gasteiger partial charge is 0.308 e. The Morgan fingerprint density at radius 3 is 2.64 bits per heavy atom. The van der Waals surface area contributed by atoms with Crippen LogP contribution in [0.2, 0.25) is 0 Å². The first-order valence-electron chi connectivity index (χ1n) is 12.3.